The second kappa shape index (κ2) is 11.0. The van der Waals surface area contributed by atoms with Crippen molar-refractivity contribution >= 4 is 18.0 Å². The highest BCUT2D eigenvalue weighted by Crippen LogP contribution is 2.28. The lowest BCUT2D eigenvalue weighted by Crippen LogP contribution is -2.29. The van der Waals surface area contributed by atoms with Crippen molar-refractivity contribution in [3.8, 4) is 0 Å². The second-order valence-corrected chi connectivity index (χ2v) is 6.08. The van der Waals surface area contributed by atoms with Gasteiger partial charge in [-0.25, -0.2) is 0 Å². The van der Waals surface area contributed by atoms with Gasteiger partial charge in [-0.3, -0.25) is 9.59 Å². The van der Waals surface area contributed by atoms with Gasteiger partial charge in [0.2, 0.25) is 0 Å². The van der Waals surface area contributed by atoms with E-state index in [4.69, 9.17) is 9.47 Å². The summed E-state index contributed by atoms with van der Waals surface area (Å²) in [6, 6.07) is 19.7. The first-order valence-corrected chi connectivity index (χ1v) is 9.27. The second-order valence-electron chi connectivity index (χ2n) is 6.08. The monoisotopic (exact) mass is 366 g/mol. The molecule has 0 aliphatic rings. The standard InChI is InChI=1S/C23H26O4/c1-3-26-22(24)21(23(25)27-4-2)17-20(19-13-9-6-10-14-19)16-15-18-11-7-5-8-12-18/h5-16,20-21H,3-4,17H2,1-2H3/b16-15+. The summed E-state index contributed by atoms with van der Waals surface area (Å²) < 4.78 is 10.2. The molecule has 0 aliphatic carbocycles. The van der Waals surface area contributed by atoms with E-state index in [2.05, 4.69) is 0 Å². The summed E-state index contributed by atoms with van der Waals surface area (Å²) in [4.78, 5) is 24.7. The third-order valence-corrected chi connectivity index (χ3v) is 4.18. The number of carbonyl (C=O) groups is 2. The van der Waals surface area contributed by atoms with Crippen LogP contribution in [0.2, 0.25) is 0 Å². The summed E-state index contributed by atoms with van der Waals surface area (Å²) in [5.74, 6) is -2.14. The van der Waals surface area contributed by atoms with E-state index < -0.39 is 17.9 Å². The van der Waals surface area contributed by atoms with E-state index in [0.717, 1.165) is 11.1 Å². The van der Waals surface area contributed by atoms with Crippen LogP contribution in [0.1, 0.15) is 37.3 Å². The van der Waals surface area contributed by atoms with E-state index in [1.165, 1.54) is 0 Å². The van der Waals surface area contributed by atoms with Gasteiger partial charge in [0, 0.05) is 5.92 Å². The normalized spacial score (nSPS) is 12.1. The third-order valence-electron chi connectivity index (χ3n) is 4.18. The fraction of sp³-hybridized carbons (Fsp3) is 0.304. The predicted octanol–water partition coefficient (Wildman–Crippen LogP) is 4.62. The Balaban J connectivity index is 2.29. The highest BCUT2D eigenvalue weighted by Gasteiger charge is 2.32. The lowest BCUT2D eigenvalue weighted by molar-refractivity contribution is -0.162. The first-order valence-electron chi connectivity index (χ1n) is 9.27. The van der Waals surface area contributed by atoms with Crippen molar-refractivity contribution in [1.29, 1.82) is 0 Å². The number of benzene rings is 2. The molecular formula is C23H26O4. The molecule has 0 spiro atoms. The molecule has 2 aromatic rings. The number of rotatable bonds is 9. The van der Waals surface area contributed by atoms with Crippen molar-refractivity contribution in [2.24, 2.45) is 5.92 Å². The van der Waals surface area contributed by atoms with Gasteiger partial charge in [0.25, 0.3) is 0 Å². The van der Waals surface area contributed by atoms with E-state index >= 15 is 0 Å². The van der Waals surface area contributed by atoms with Crippen molar-refractivity contribution in [1.82, 2.24) is 0 Å². The summed E-state index contributed by atoms with van der Waals surface area (Å²) in [6.07, 6.45) is 4.33. The van der Waals surface area contributed by atoms with E-state index in [1.807, 2.05) is 72.8 Å². The molecule has 0 saturated carbocycles. The maximum absolute atomic E-state index is 12.4. The minimum atomic E-state index is -0.949. The van der Waals surface area contributed by atoms with Gasteiger partial charge in [-0.1, -0.05) is 72.8 Å². The van der Waals surface area contributed by atoms with Crippen LogP contribution in [-0.4, -0.2) is 25.2 Å². The van der Waals surface area contributed by atoms with E-state index in [0.29, 0.717) is 6.42 Å². The molecule has 4 nitrogen and oxygen atoms in total. The number of esters is 2. The van der Waals surface area contributed by atoms with Crippen molar-refractivity contribution < 1.29 is 19.1 Å². The van der Waals surface area contributed by atoms with Gasteiger partial charge in [-0.05, 0) is 31.4 Å². The molecule has 0 amide bonds. The van der Waals surface area contributed by atoms with Crippen molar-refractivity contribution in [3.63, 3.8) is 0 Å². The molecule has 2 aromatic carbocycles. The molecule has 0 fully saturated rings. The van der Waals surface area contributed by atoms with Crippen molar-refractivity contribution in [2.75, 3.05) is 13.2 Å². The molecule has 1 unspecified atom stereocenters. The Morgan fingerprint density at radius 1 is 0.852 bits per heavy atom. The molecule has 0 aliphatic heterocycles. The van der Waals surface area contributed by atoms with Crippen LogP contribution in [-0.2, 0) is 19.1 Å². The zero-order valence-electron chi connectivity index (χ0n) is 15.8. The summed E-state index contributed by atoms with van der Waals surface area (Å²) in [5, 5.41) is 0. The van der Waals surface area contributed by atoms with Crippen molar-refractivity contribution in [2.45, 2.75) is 26.2 Å². The van der Waals surface area contributed by atoms with Crippen LogP contribution in [0.15, 0.2) is 66.7 Å². The Hall–Kier alpha value is -2.88. The molecule has 0 bridgehead atoms. The van der Waals surface area contributed by atoms with Gasteiger partial charge < -0.3 is 9.47 Å². The van der Waals surface area contributed by atoms with Crippen LogP contribution in [0.3, 0.4) is 0 Å². The molecule has 0 heterocycles. The van der Waals surface area contributed by atoms with Gasteiger partial charge in [-0.2, -0.15) is 0 Å². The first-order chi connectivity index (χ1) is 13.2. The molecule has 142 valence electrons. The SMILES string of the molecule is CCOC(=O)C(CC(/C=C/c1ccccc1)c1ccccc1)C(=O)OCC. The van der Waals surface area contributed by atoms with Crippen molar-refractivity contribution in [3.05, 3.63) is 77.9 Å². The maximum atomic E-state index is 12.4. The summed E-state index contributed by atoms with van der Waals surface area (Å²) >= 11 is 0. The Bertz CT molecular complexity index is 719. The van der Waals surface area contributed by atoms with Gasteiger partial charge in [0.15, 0.2) is 5.92 Å². The molecule has 4 heteroatoms. The Kier molecular flexibility index (Phi) is 8.30. The molecular weight excluding hydrogens is 340 g/mol. The number of ether oxygens (including phenoxy) is 2. The van der Waals surface area contributed by atoms with Crippen LogP contribution in [0, 0.1) is 5.92 Å². The molecule has 1 atom stereocenters. The Morgan fingerprint density at radius 2 is 1.37 bits per heavy atom. The fourth-order valence-corrected chi connectivity index (χ4v) is 2.85. The number of hydrogen-bond acceptors (Lipinski definition) is 4. The molecule has 0 radical (unpaired) electrons. The Morgan fingerprint density at radius 3 is 1.89 bits per heavy atom. The fourth-order valence-electron chi connectivity index (χ4n) is 2.85. The smallest absolute Gasteiger partial charge is 0.320 e. The lowest BCUT2D eigenvalue weighted by atomic mass is 9.88. The zero-order chi connectivity index (χ0) is 19.5. The highest BCUT2D eigenvalue weighted by molar-refractivity contribution is 5.95. The van der Waals surface area contributed by atoms with Gasteiger partial charge in [0.05, 0.1) is 13.2 Å². The lowest BCUT2D eigenvalue weighted by Gasteiger charge is -2.19. The highest BCUT2D eigenvalue weighted by atomic mass is 16.6. The van der Waals surface area contributed by atoms with Gasteiger partial charge in [0.1, 0.15) is 0 Å². The quantitative estimate of drug-likeness (QED) is 0.480. The largest absolute Gasteiger partial charge is 0.465 e. The maximum Gasteiger partial charge on any atom is 0.320 e. The molecule has 0 aromatic heterocycles. The first kappa shape index (κ1) is 20.4. The molecule has 27 heavy (non-hydrogen) atoms. The van der Waals surface area contributed by atoms with Crippen LogP contribution >= 0.6 is 0 Å². The van der Waals surface area contributed by atoms with Crippen LogP contribution in [0.5, 0.6) is 0 Å². The third kappa shape index (κ3) is 6.41. The molecule has 2 rings (SSSR count). The van der Waals surface area contributed by atoms with Crippen LogP contribution < -0.4 is 0 Å². The average Bonchev–Trinajstić information content (AvgIpc) is 2.70. The molecule has 0 N–H and O–H groups in total. The van der Waals surface area contributed by atoms with Gasteiger partial charge >= 0.3 is 11.9 Å². The van der Waals surface area contributed by atoms with E-state index in [1.54, 1.807) is 13.8 Å². The van der Waals surface area contributed by atoms with Crippen LogP contribution in [0.25, 0.3) is 6.08 Å². The summed E-state index contributed by atoms with van der Waals surface area (Å²) in [7, 11) is 0. The van der Waals surface area contributed by atoms with Crippen LogP contribution in [0.4, 0.5) is 0 Å². The predicted molar refractivity (Wildman–Crippen MR) is 106 cm³/mol. The Labute approximate surface area is 160 Å². The van der Waals surface area contributed by atoms with E-state index in [-0.39, 0.29) is 19.1 Å². The molecule has 0 saturated heterocycles. The van der Waals surface area contributed by atoms with E-state index in [9.17, 15) is 9.59 Å². The summed E-state index contributed by atoms with van der Waals surface area (Å²) in [6.45, 7) is 3.91. The number of hydrogen-bond donors (Lipinski definition) is 0. The minimum absolute atomic E-state index is 0.120. The number of allylic oxidation sites excluding steroid dienone is 1. The summed E-state index contributed by atoms with van der Waals surface area (Å²) in [5.41, 5.74) is 2.09. The zero-order valence-corrected chi connectivity index (χ0v) is 15.8. The topological polar surface area (TPSA) is 52.6 Å². The van der Waals surface area contributed by atoms with Gasteiger partial charge in [-0.15, -0.1) is 0 Å². The average molecular weight is 366 g/mol. The number of carbonyl (C=O) groups excluding carboxylic acids is 2. The minimum Gasteiger partial charge on any atom is -0.465 e.